The fraction of sp³-hybridized carbons (Fsp3) is 0.278. The van der Waals surface area contributed by atoms with Crippen LogP contribution in [0, 0.1) is 17.4 Å². The van der Waals surface area contributed by atoms with Gasteiger partial charge in [0.25, 0.3) is 5.91 Å². The Kier molecular flexibility index (Phi) is 6.44. The van der Waals surface area contributed by atoms with Crippen molar-refractivity contribution in [2.24, 2.45) is 0 Å². The number of nitrogens with zero attached hydrogens (tertiary/aromatic N) is 3. The van der Waals surface area contributed by atoms with Crippen molar-refractivity contribution in [2.45, 2.75) is 20.0 Å². The third-order valence-corrected chi connectivity index (χ3v) is 4.74. The first-order valence-corrected chi connectivity index (χ1v) is 9.56. The SMILES string of the molecule is Cc1cc(I)ccc1Nc1cc2nnc(C)n2cc1C(=O)NOC[C@H](O)CO. The van der Waals surface area contributed by atoms with Gasteiger partial charge in [-0.05, 0) is 60.2 Å². The van der Waals surface area contributed by atoms with Crippen LogP contribution in [0.1, 0.15) is 21.7 Å². The van der Waals surface area contributed by atoms with Crippen LogP contribution in [0.3, 0.4) is 0 Å². The van der Waals surface area contributed by atoms with E-state index in [9.17, 15) is 9.90 Å². The van der Waals surface area contributed by atoms with Crippen LogP contribution >= 0.6 is 22.6 Å². The maximum Gasteiger partial charge on any atom is 0.278 e. The number of rotatable bonds is 7. The highest BCUT2D eigenvalue weighted by Gasteiger charge is 2.17. The summed E-state index contributed by atoms with van der Waals surface area (Å²) in [5.41, 5.74) is 5.61. The number of anilines is 2. The van der Waals surface area contributed by atoms with E-state index in [4.69, 9.17) is 9.94 Å². The van der Waals surface area contributed by atoms with Crippen molar-refractivity contribution >= 4 is 45.5 Å². The average Bonchev–Trinajstić information content (AvgIpc) is 3.03. The van der Waals surface area contributed by atoms with Gasteiger partial charge in [0.05, 0.1) is 17.9 Å². The summed E-state index contributed by atoms with van der Waals surface area (Å²) in [6.45, 7) is 3.07. The molecule has 0 bridgehead atoms. The summed E-state index contributed by atoms with van der Waals surface area (Å²) in [4.78, 5) is 17.7. The van der Waals surface area contributed by atoms with Crippen molar-refractivity contribution in [2.75, 3.05) is 18.5 Å². The van der Waals surface area contributed by atoms with Gasteiger partial charge in [-0.2, -0.15) is 0 Å². The van der Waals surface area contributed by atoms with Crippen LogP contribution in [0.4, 0.5) is 11.4 Å². The van der Waals surface area contributed by atoms with Crippen molar-refractivity contribution in [3.63, 3.8) is 0 Å². The Morgan fingerprint density at radius 3 is 2.79 bits per heavy atom. The lowest BCUT2D eigenvalue weighted by Gasteiger charge is -2.15. The number of hydrogen-bond donors (Lipinski definition) is 4. The van der Waals surface area contributed by atoms with Gasteiger partial charge in [-0.25, -0.2) is 5.48 Å². The van der Waals surface area contributed by atoms with Crippen molar-refractivity contribution < 1.29 is 19.8 Å². The highest BCUT2D eigenvalue weighted by Crippen LogP contribution is 2.26. The smallest absolute Gasteiger partial charge is 0.278 e. The Hall–Kier alpha value is -2.28. The van der Waals surface area contributed by atoms with Crippen LogP contribution in [0.2, 0.25) is 0 Å². The number of nitrogens with one attached hydrogen (secondary N) is 2. The lowest BCUT2D eigenvalue weighted by Crippen LogP contribution is -2.30. The lowest BCUT2D eigenvalue weighted by molar-refractivity contribution is -0.0295. The second-order valence-electron chi connectivity index (χ2n) is 6.24. The number of aliphatic hydroxyl groups excluding tert-OH is 2. The zero-order valence-corrected chi connectivity index (χ0v) is 17.5. The Morgan fingerprint density at radius 1 is 1.29 bits per heavy atom. The number of hydroxylamine groups is 1. The molecule has 0 radical (unpaired) electrons. The summed E-state index contributed by atoms with van der Waals surface area (Å²) < 4.78 is 2.81. The minimum atomic E-state index is -1.07. The highest BCUT2D eigenvalue weighted by atomic mass is 127. The molecule has 0 aliphatic rings. The van der Waals surface area contributed by atoms with E-state index in [2.05, 4.69) is 43.6 Å². The fourth-order valence-electron chi connectivity index (χ4n) is 2.56. The van der Waals surface area contributed by atoms with Gasteiger partial charge in [0, 0.05) is 21.5 Å². The molecule has 0 fully saturated rings. The van der Waals surface area contributed by atoms with E-state index in [0.29, 0.717) is 22.7 Å². The van der Waals surface area contributed by atoms with Gasteiger partial charge in [-0.3, -0.25) is 14.0 Å². The molecule has 0 unspecified atom stereocenters. The maximum atomic E-state index is 12.7. The summed E-state index contributed by atoms with van der Waals surface area (Å²) in [7, 11) is 0. The average molecular weight is 497 g/mol. The van der Waals surface area contributed by atoms with Gasteiger partial charge in [-0.1, -0.05) is 0 Å². The predicted octanol–water partition coefficient (Wildman–Crippen LogP) is 1.71. The molecule has 0 aliphatic heterocycles. The number of carbonyl (C=O) groups excluding carboxylic acids is 1. The van der Waals surface area contributed by atoms with Crippen LogP contribution in [0.5, 0.6) is 0 Å². The van der Waals surface area contributed by atoms with Gasteiger partial charge in [0.15, 0.2) is 5.65 Å². The Labute approximate surface area is 174 Å². The second kappa shape index (κ2) is 8.82. The van der Waals surface area contributed by atoms with Crippen LogP contribution in [0.15, 0.2) is 30.5 Å². The number of carbonyl (C=O) groups is 1. The molecule has 0 aliphatic carbocycles. The molecule has 0 saturated heterocycles. The lowest BCUT2D eigenvalue weighted by atomic mass is 10.1. The molecule has 3 aromatic rings. The highest BCUT2D eigenvalue weighted by molar-refractivity contribution is 14.1. The van der Waals surface area contributed by atoms with Crippen molar-refractivity contribution in [3.05, 3.63) is 51.0 Å². The van der Waals surface area contributed by atoms with E-state index >= 15 is 0 Å². The summed E-state index contributed by atoms with van der Waals surface area (Å²) in [5, 5.41) is 29.6. The quantitative estimate of drug-likeness (QED) is 0.290. The molecule has 148 valence electrons. The molecular formula is C18H20IN5O4. The number of halogens is 1. The van der Waals surface area contributed by atoms with Crippen LogP contribution in [0.25, 0.3) is 5.65 Å². The van der Waals surface area contributed by atoms with Gasteiger partial charge in [0.2, 0.25) is 0 Å². The minimum absolute atomic E-state index is 0.227. The predicted molar refractivity (Wildman–Crippen MR) is 111 cm³/mol. The number of amides is 1. The monoisotopic (exact) mass is 497 g/mol. The largest absolute Gasteiger partial charge is 0.394 e. The molecule has 2 aromatic heterocycles. The topological polar surface area (TPSA) is 121 Å². The van der Waals surface area contributed by atoms with Crippen molar-refractivity contribution in [1.82, 2.24) is 20.1 Å². The van der Waals surface area contributed by atoms with E-state index in [-0.39, 0.29) is 6.61 Å². The van der Waals surface area contributed by atoms with Gasteiger partial charge >= 0.3 is 0 Å². The van der Waals surface area contributed by atoms with Crippen LogP contribution in [-0.4, -0.2) is 50.0 Å². The molecule has 1 atom stereocenters. The number of aromatic nitrogens is 3. The van der Waals surface area contributed by atoms with E-state index in [1.165, 1.54) is 0 Å². The summed E-state index contributed by atoms with van der Waals surface area (Å²) in [6, 6.07) is 7.66. The third-order valence-electron chi connectivity index (χ3n) is 4.07. The minimum Gasteiger partial charge on any atom is -0.394 e. The Bertz CT molecular complexity index is 1010. The molecule has 2 heterocycles. The molecule has 9 nitrogen and oxygen atoms in total. The molecule has 0 saturated carbocycles. The van der Waals surface area contributed by atoms with Crippen molar-refractivity contribution in [1.29, 1.82) is 0 Å². The first kappa shape index (κ1) is 20.5. The van der Waals surface area contributed by atoms with E-state index < -0.39 is 18.6 Å². The fourth-order valence-corrected chi connectivity index (χ4v) is 3.20. The first-order valence-electron chi connectivity index (χ1n) is 8.48. The summed E-state index contributed by atoms with van der Waals surface area (Å²) in [6.07, 6.45) is 0.547. The zero-order valence-electron chi connectivity index (χ0n) is 15.3. The molecule has 28 heavy (non-hydrogen) atoms. The van der Waals surface area contributed by atoms with Gasteiger partial charge in [-0.15, -0.1) is 10.2 Å². The Morgan fingerprint density at radius 2 is 2.07 bits per heavy atom. The van der Waals surface area contributed by atoms with E-state index in [1.807, 2.05) is 25.1 Å². The van der Waals surface area contributed by atoms with E-state index in [1.54, 1.807) is 23.6 Å². The number of fused-ring (bicyclic) bond motifs is 1. The van der Waals surface area contributed by atoms with Crippen LogP contribution in [-0.2, 0) is 4.84 Å². The molecule has 10 heteroatoms. The van der Waals surface area contributed by atoms with Crippen LogP contribution < -0.4 is 10.8 Å². The second-order valence-corrected chi connectivity index (χ2v) is 7.48. The maximum absolute atomic E-state index is 12.7. The standard InChI is InChI=1S/C18H20IN5O4/c1-10-5-12(19)3-4-15(10)20-16-6-17-22-21-11(2)24(17)7-14(16)18(27)23-28-9-13(26)8-25/h3-7,13,20,25-26H,8-9H2,1-2H3,(H,23,27)/t13-/m1/s1. The first-order chi connectivity index (χ1) is 13.4. The number of hydrogen-bond acceptors (Lipinski definition) is 7. The zero-order chi connectivity index (χ0) is 20.3. The normalized spacial score (nSPS) is 12.2. The summed E-state index contributed by atoms with van der Waals surface area (Å²) in [5.74, 6) is 0.128. The molecule has 1 aromatic carbocycles. The number of benzene rings is 1. The van der Waals surface area contributed by atoms with Crippen molar-refractivity contribution in [3.8, 4) is 0 Å². The number of aliphatic hydroxyl groups is 2. The molecule has 0 spiro atoms. The van der Waals surface area contributed by atoms with Gasteiger partial charge < -0.3 is 15.5 Å². The van der Waals surface area contributed by atoms with Gasteiger partial charge in [0.1, 0.15) is 18.5 Å². The Balaban J connectivity index is 1.93. The third kappa shape index (κ3) is 4.58. The van der Waals surface area contributed by atoms with E-state index in [0.717, 1.165) is 14.8 Å². The molecule has 1 amide bonds. The number of aryl methyl sites for hydroxylation is 2. The molecule has 3 rings (SSSR count). The summed E-state index contributed by atoms with van der Waals surface area (Å²) >= 11 is 2.24. The molecular weight excluding hydrogens is 477 g/mol. The number of pyridine rings is 1. The molecule has 4 N–H and O–H groups in total.